The molecule has 0 bridgehead atoms. The van der Waals surface area contributed by atoms with E-state index >= 15 is 0 Å². The van der Waals surface area contributed by atoms with Crippen molar-refractivity contribution in [3.8, 4) is 17.6 Å². The van der Waals surface area contributed by atoms with Gasteiger partial charge >= 0.3 is 0 Å². The Hall–Kier alpha value is -3.31. The summed E-state index contributed by atoms with van der Waals surface area (Å²) >= 11 is 0. The van der Waals surface area contributed by atoms with Gasteiger partial charge in [0.05, 0.1) is 37.6 Å². The van der Waals surface area contributed by atoms with Crippen molar-refractivity contribution in [1.29, 1.82) is 5.26 Å². The minimum absolute atomic E-state index is 0.0622. The number of piperazine rings is 1. The highest BCUT2D eigenvalue weighted by molar-refractivity contribution is 5.81. The Morgan fingerprint density at radius 1 is 1.13 bits per heavy atom. The van der Waals surface area contributed by atoms with E-state index in [-0.39, 0.29) is 11.9 Å². The normalized spacial score (nSPS) is 15.1. The number of hydrogen-bond donors (Lipinski definition) is 1. The van der Waals surface area contributed by atoms with E-state index in [0.717, 1.165) is 5.56 Å². The first-order valence-electron chi connectivity index (χ1n) is 10.1. The zero-order valence-corrected chi connectivity index (χ0v) is 18.0. The summed E-state index contributed by atoms with van der Waals surface area (Å²) in [5.74, 6) is 0.803. The molecule has 0 aromatic heterocycles. The number of rotatable bonds is 7. The average Bonchev–Trinajstić information content (AvgIpc) is 2.81. The number of nitrogens with one attached hydrogen (secondary N) is 1. The number of carbonyl (C=O) groups excluding carboxylic acids is 1. The van der Waals surface area contributed by atoms with Crippen molar-refractivity contribution < 1.29 is 18.7 Å². The monoisotopic (exact) mass is 426 g/mol. The number of nitrogens with zero attached hydrogens (tertiary/aromatic N) is 3. The molecule has 1 saturated heterocycles. The third kappa shape index (κ3) is 5.25. The molecule has 3 rings (SSSR count). The number of nitriles is 1. The summed E-state index contributed by atoms with van der Waals surface area (Å²) in [6, 6.07) is 11.7. The molecule has 1 heterocycles. The minimum atomic E-state index is -0.395. The maximum Gasteiger partial charge on any atom is 0.237 e. The van der Waals surface area contributed by atoms with Crippen LogP contribution in [0, 0.1) is 17.1 Å². The molecule has 7 nitrogen and oxygen atoms in total. The second-order valence-corrected chi connectivity index (χ2v) is 7.38. The molecule has 1 aliphatic rings. The molecular weight excluding hydrogens is 399 g/mol. The highest BCUT2D eigenvalue weighted by Crippen LogP contribution is 2.27. The molecule has 1 fully saturated rings. The SMILES string of the molecule is COc1ccc(CNC(=O)C(C)N2CCN(c3ccc(C#N)cc3F)CC2)cc1OC. The Kier molecular flexibility index (Phi) is 7.32. The van der Waals surface area contributed by atoms with E-state index < -0.39 is 5.82 Å². The lowest BCUT2D eigenvalue weighted by Crippen LogP contribution is -2.54. The quantitative estimate of drug-likeness (QED) is 0.733. The number of anilines is 1. The molecule has 2 aromatic rings. The predicted octanol–water partition coefficient (Wildman–Crippen LogP) is 2.54. The van der Waals surface area contributed by atoms with Crippen molar-refractivity contribution in [2.75, 3.05) is 45.3 Å². The fraction of sp³-hybridized carbons (Fsp3) is 0.391. The van der Waals surface area contributed by atoms with Crippen molar-refractivity contribution >= 4 is 11.6 Å². The number of methoxy groups -OCH3 is 2. The fourth-order valence-electron chi connectivity index (χ4n) is 3.68. The van der Waals surface area contributed by atoms with Crippen LogP contribution in [0.15, 0.2) is 36.4 Å². The van der Waals surface area contributed by atoms with E-state index in [1.54, 1.807) is 26.4 Å². The predicted molar refractivity (Wildman–Crippen MR) is 116 cm³/mol. The topological polar surface area (TPSA) is 77.8 Å². The number of halogens is 1. The highest BCUT2D eigenvalue weighted by atomic mass is 19.1. The van der Waals surface area contributed by atoms with E-state index in [9.17, 15) is 9.18 Å². The Balaban J connectivity index is 1.53. The third-order valence-electron chi connectivity index (χ3n) is 5.57. The van der Waals surface area contributed by atoms with Gasteiger partial charge in [-0.3, -0.25) is 9.69 Å². The van der Waals surface area contributed by atoms with E-state index in [0.29, 0.717) is 55.5 Å². The number of ether oxygens (including phenoxy) is 2. The summed E-state index contributed by atoms with van der Waals surface area (Å²) in [5.41, 5.74) is 1.71. The average molecular weight is 426 g/mol. The number of hydrogen-bond acceptors (Lipinski definition) is 6. The second kappa shape index (κ2) is 10.1. The van der Waals surface area contributed by atoms with Crippen LogP contribution in [0.1, 0.15) is 18.1 Å². The highest BCUT2D eigenvalue weighted by Gasteiger charge is 2.26. The van der Waals surface area contributed by atoms with Crippen molar-refractivity contribution in [3.05, 3.63) is 53.3 Å². The van der Waals surface area contributed by atoms with Gasteiger partial charge in [-0.2, -0.15) is 5.26 Å². The summed E-state index contributed by atoms with van der Waals surface area (Å²) in [6.07, 6.45) is 0. The zero-order valence-electron chi connectivity index (χ0n) is 18.0. The van der Waals surface area contributed by atoms with Gasteiger partial charge in [0.1, 0.15) is 5.82 Å². The number of amides is 1. The van der Waals surface area contributed by atoms with Crippen molar-refractivity contribution in [2.45, 2.75) is 19.5 Å². The Labute approximate surface area is 182 Å². The van der Waals surface area contributed by atoms with Crippen LogP contribution in [0.3, 0.4) is 0 Å². The zero-order chi connectivity index (χ0) is 22.4. The number of benzene rings is 2. The van der Waals surface area contributed by atoms with Crippen molar-refractivity contribution in [2.24, 2.45) is 0 Å². The fourth-order valence-corrected chi connectivity index (χ4v) is 3.68. The molecule has 1 atom stereocenters. The van der Waals surface area contributed by atoms with Crippen LogP contribution in [-0.4, -0.2) is 57.2 Å². The Morgan fingerprint density at radius 3 is 2.45 bits per heavy atom. The van der Waals surface area contributed by atoms with Crippen LogP contribution < -0.4 is 19.7 Å². The Morgan fingerprint density at radius 2 is 1.84 bits per heavy atom. The van der Waals surface area contributed by atoms with Crippen LogP contribution in [0.25, 0.3) is 0 Å². The molecule has 0 spiro atoms. The van der Waals surface area contributed by atoms with E-state index in [2.05, 4.69) is 10.2 Å². The van der Waals surface area contributed by atoms with Crippen LogP contribution >= 0.6 is 0 Å². The van der Waals surface area contributed by atoms with Gasteiger partial charge in [0.15, 0.2) is 11.5 Å². The van der Waals surface area contributed by atoms with Crippen LogP contribution in [0.2, 0.25) is 0 Å². The number of carbonyl (C=O) groups is 1. The molecule has 31 heavy (non-hydrogen) atoms. The molecule has 2 aromatic carbocycles. The standard InChI is InChI=1S/C23H27FN4O3/c1-16(23(29)26-15-18-5-7-21(30-2)22(13-18)31-3)27-8-10-28(11-9-27)20-6-4-17(14-25)12-19(20)24/h4-7,12-13,16H,8-11,15H2,1-3H3,(H,26,29). The van der Waals surface area contributed by atoms with E-state index in [1.165, 1.54) is 6.07 Å². The van der Waals surface area contributed by atoms with Gasteiger partial charge in [-0.1, -0.05) is 6.07 Å². The minimum Gasteiger partial charge on any atom is -0.493 e. The van der Waals surface area contributed by atoms with E-state index in [4.69, 9.17) is 14.7 Å². The molecular formula is C23H27FN4O3. The van der Waals surface area contributed by atoms with Crippen LogP contribution in [0.4, 0.5) is 10.1 Å². The maximum atomic E-state index is 14.3. The molecule has 0 radical (unpaired) electrons. The van der Waals surface area contributed by atoms with Gasteiger partial charge in [-0.25, -0.2) is 4.39 Å². The molecule has 1 N–H and O–H groups in total. The summed E-state index contributed by atoms with van der Waals surface area (Å²) in [4.78, 5) is 16.7. The van der Waals surface area contributed by atoms with Gasteiger partial charge in [0.25, 0.3) is 0 Å². The summed E-state index contributed by atoms with van der Waals surface area (Å²) in [7, 11) is 3.15. The maximum absolute atomic E-state index is 14.3. The third-order valence-corrected chi connectivity index (χ3v) is 5.57. The summed E-state index contributed by atoms with van der Waals surface area (Å²) in [6.45, 7) is 4.77. The summed E-state index contributed by atoms with van der Waals surface area (Å²) in [5, 5.41) is 11.9. The molecule has 0 aliphatic carbocycles. The van der Waals surface area contributed by atoms with Crippen molar-refractivity contribution in [1.82, 2.24) is 10.2 Å². The molecule has 1 amide bonds. The van der Waals surface area contributed by atoms with Gasteiger partial charge in [-0.05, 0) is 42.8 Å². The molecule has 0 saturated carbocycles. The van der Waals surface area contributed by atoms with Gasteiger partial charge in [-0.15, -0.1) is 0 Å². The lowest BCUT2D eigenvalue weighted by atomic mass is 10.1. The second-order valence-electron chi connectivity index (χ2n) is 7.38. The lowest BCUT2D eigenvalue weighted by molar-refractivity contribution is -0.126. The molecule has 1 aliphatic heterocycles. The van der Waals surface area contributed by atoms with Crippen LogP contribution in [-0.2, 0) is 11.3 Å². The molecule has 164 valence electrons. The first-order valence-corrected chi connectivity index (χ1v) is 10.1. The largest absolute Gasteiger partial charge is 0.493 e. The van der Waals surface area contributed by atoms with E-state index in [1.807, 2.05) is 36.1 Å². The summed E-state index contributed by atoms with van der Waals surface area (Å²) < 4.78 is 24.8. The van der Waals surface area contributed by atoms with Crippen molar-refractivity contribution in [3.63, 3.8) is 0 Å². The first kappa shape index (κ1) is 22.4. The smallest absolute Gasteiger partial charge is 0.237 e. The van der Waals surface area contributed by atoms with Gasteiger partial charge in [0.2, 0.25) is 5.91 Å². The molecule has 8 heteroatoms. The van der Waals surface area contributed by atoms with Crippen LogP contribution in [0.5, 0.6) is 11.5 Å². The first-order chi connectivity index (χ1) is 15.0. The lowest BCUT2D eigenvalue weighted by Gasteiger charge is -2.38. The van der Waals surface area contributed by atoms with Gasteiger partial charge in [0, 0.05) is 32.7 Å². The molecule has 1 unspecified atom stereocenters. The Bertz CT molecular complexity index is 968. The van der Waals surface area contributed by atoms with Gasteiger partial charge < -0.3 is 19.7 Å².